The van der Waals surface area contributed by atoms with Crippen molar-refractivity contribution in [1.82, 2.24) is 30.2 Å². The van der Waals surface area contributed by atoms with E-state index >= 15 is 0 Å². The Kier molecular flexibility index (Phi) is 7.39. The van der Waals surface area contributed by atoms with Crippen molar-refractivity contribution in [2.24, 2.45) is 0 Å². The smallest absolute Gasteiger partial charge is 0.315 e. The van der Waals surface area contributed by atoms with E-state index < -0.39 is 36.1 Å². The summed E-state index contributed by atoms with van der Waals surface area (Å²) in [6, 6.07) is 15.5. The fraction of sp³-hybridized carbons (Fsp3) is 0.296. The molecule has 2 amide bonds. The molecule has 0 saturated heterocycles. The molecule has 12 nitrogen and oxygen atoms in total. The average molecular weight is 532 g/mol. The van der Waals surface area contributed by atoms with Gasteiger partial charge in [0.25, 0.3) is 11.8 Å². The number of amides is 2. The van der Waals surface area contributed by atoms with E-state index in [0.717, 1.165) is 22.4 Å². The van der Waals surface area contributed by atoms with Crippen LogP contribution in [0.1, 0.15) is 48.5 Å². The molecule has 5 rings (SSSR count). The zero-order valence-corrected chi connectivity index (χ0v) is 21.4. The van der Waals surface area contributed by atoms with Crippen LogP contribution in [0, 0.1) is 0 Å². The number of carbonyl (C=O) groups is 2. The van der Waals surface area contributed by atoms with Gasteiger partial charge in [-0.15, -0.1) is 5.10 Å². The summed E-state index contributed by atoms with van der Waals surface area (Å²) in [4.78, 5) is 27.6. The summed E-state index contributed by atoms with van der Waals surface area (Å²) in [6.45, 7) is 4.33. The number of anilines is 1. The van der Waals surface area contributed by atoms with E-state index in [1.807, 2.05) is 67.7 Å². The van der Waals surface area contributed by atoms with Crippen LogP contribution in [-0.4, -0.2) is 65.7 Å². The number of aliphatic hydroxyl groups is 2. The molecular formula is C27H29N7O5. The van der Waals surface area contributed by atoms with Gasteiger partial charge in [0.15, 0.2) is 12.2 Å². The van der Waals surface area contributed by atoms with Gasteiger partial charge < -0.3 is 30.2 Å². The highest BCUT2D eigenvalue weighted by Gasteiger charge is 2.43. The predicted molar refractivity (Wildman–Crippen MR) is 139 cm³/mol. The van der Waals surface area contributed by atoms with Gasteiger partial charge in [0.05, 0.1) is 11.7 Å². The molecule has 1 unspecified atom stereocenters. The van der Waals surface area contributed by atoms with Crippen molar-refractivity contribution >= 4 is 17.8 Å². The molecule has 0 bridgehead atoms. The Hall–Kier alpha value is -4.55. The quantitative estimate of drug-likeness (QED) is 0.252. The fourth-order valence-electron chi connectivity index (χ4n) is 4.59. The van der Waals surface area contributed by atoms with Crippen LogP contribution in [-0.2, 0) is 16.1 Å². The molecule has 2 aromatic heterocycles. The van der Waals surface area contributed by atoms with Crippen molar-refractivity contribution < 1.29 is 24.2 Å². The van der Waals surface area contributed by atoms with Gasteiger partial charge in [-0.05, 0) is 48.7 Å². The number of fused-ring (bicyclic) bond motifs is 1. The molecule has 4 atom stereocenters. The Bertz CT molecular complexity index is 1440. The number of carbonyl (C=O) groups excluding carboxylic acids is 2. The molecule has 0 aliphatic carbocycles. The van der Waals surface area contributed by atoms with Crippen LogP contribution in [0.3, 0.4) is 0 Å². The summed E-state index contributed by atoms with van der Waals surface area (Å²) in [5.41, 5.74) is 3.21. The third-order valence-corrected chi connectivity index (χ3v) is 6.63. The monoisotopic (exact) mass is 531 g/mol. The van der Waals surface area contributed by atoms with Gasteiger partial charge >= 0.3 is 6.01 Å². The summed E-state index contributed by atoms with van der Waals surface area (Å²) in [7, 11) is 0. The summed E-state index contributed by atoms with van der Waals surface area (Å²) in [6.07, 6.45) is -0.505. The van der Waals surface area contributed by atoms with E-state index in [2.05, 4.69) is 25.9 Å². The molecule has 0 spiro atoms. The molecule has 202 valence electrons. The molecule has 39 heavy (non-hydrogen) atoms. The molecule has 0 radical (unpaired) electrons. The molecule has 12 heteroatoms. The van der Waals surface area contributed by atoms with E-state index in [0.29, 0.717) is 6.54 Å². The van der Waals surface area contributed by atoms with Crippen molar-refractivity contribution in [1.29, 1.82) is 0 Å². The second-order valence-electron chi connectivity index (χ2n) is 9.21. The normalized spacial score (nSPS) is 16.8. The first-order valence-electron chi connectivity index (χ1n) is 12.6. The lowest BCUT2D eigenvalue weighted by molar-refractivity contribution is -0.154. The Labute approximate surface area is 224 Å². The SMILES string of the molecule is CCNc1nnc(C2c3ccccc3CN2C(=O)[C@H](O)[C@@H](O)C(=O)N[C@H](C)c2ccc(-n3cccn3)cc2)o1. The third-order valence-electron chi connectivity index (χ3n) is 6.63. The minimum Gasteiger partial charge on any atom is -0.405 e. The Morgan fingerprint density at radius 3 is 2.56 bits per heavy atom. The van der Waals surface area contributed by atoms with Crippen LogP contribution in [0.15, 0.2) is 71.4 Å². The van der Waals surface area contributed by atoms with Crippen LogP contribution >= 0.6 is 0 Å². The number of aliphatic hydroxyl groups excluding tert-OH is 2. The lowest BCUT2D eigenvalue weighted by Crippen LogP contribution is -2.50. The minimum atomic E-state index is -2.01. The molecule has 0 saturated carbocycles. The molecule has 4 N–H and O–H groups in total. The van der Waals surface area contributed by atoms with Crippen molar-refractivity contribution in [2.75, 3.05) is 11.9 Å². The molecule has 1 aliphatic rings. The first-order valence-corrected chi connectivity index (χ1v) is 12.6. The summed E-state index contributed by atoms with van der Waals surface area (Å²) in [5.74, 6) is -1.55. The largest absolute Gasteiger partial charge is 0.405 e. The molecule has 0 fully saturated rings. The van der Waals surface area contributed by atoms with E-state index in [9.17, 15) is 19.8 Å². The van der Waals surface area contributed by atoms with E-state index in [1.165, 1.54) is 4.90 Å². The van der Waals surface area contributed by atoms with Crippen molar-refractivity contribution in [3.63, 3.8) is 0 Å². The number of hydrogen-bond donors (Lipinski definition) is 4. The molecule has 3 heterocycles. The lowest BCUT2D eigenvalue weighted by Gasteiger charge is -2.27. The van der Waals surface area contributed by atoms with E-state index in [-0.39, 0.29) is 18.5 Å². The number of aromatic nitrogens is 4. The van der Waals surface area contributed by atoms with Crippen molar-refractivity contribution in [3.8, 4) is 5.69 Å². The van der Waals surface area contributed by atoms with Crippen molar-refractivity contribution in [2.45, 2.75) is 44.7 Å². The second-order valence-corrected chi connectivity index (χ2v) is 9.21. The number of hydrogen-bond acceptors (Lipinski definition) is 9. The summed E-state index contributed by atoms with van der Waals surface area (Å²) >= 11 is 0. The number of nitrogens with zero attached hydrogens (tertiary/aromatic N) is 5. The van der Waals surface area contributed by atoms with Crippen LogP contribution in [0.4, 0.5) is 6.01 Å². The van der Waals surface area contributed by atoms with Crippen LogP contribution in [0.5, 0.6) is 0 Å². The Balaban J connectivity index is 1.28. The van der Waals surface area contributed by atoms with Gasteiger partial charge in [-0.1, -0.05) is 41.5 Å². The van der Waals surface area contributed by atoms with Gasteiger partial charge in [0.2, 0.25) is 5.89 Å². The maximum atomic E-state index is 13.4. The third kappa shape index (κ3) is 5.24. The molecule has 4 aromatic rings. The Morgan fingerprint density at radius 2 is 1.85 bits per heavy atom. The van der Waals surface area contributed by atoms with Gasteiger partial charge in [-0.25, -0.2) is 4.68 Å². The van der Waals surface area contributed by atoms with Crippen LogP contribution < -0.4 is 10.6 Å². The average Bonchev–Trinajstić information content (AvgIpc) is 3.72. The number of benzene rings is 2. The van der Waals surface area contributed by atoms with Gasteiger partial charge in [0.1, 0.15) is 6.04 Å². The van der Waals surface area contributed by atoms with Crippen LogP contribution in [0.2, 0.25) is 0 Å². The first-order chi connectivity index (χ1) is 18.9. The number of rotatable bonds is 9. The first kappa shape index (κ1) is 26.1. The topological polar surface area (TPSA) is 159 Å². The predicted octanol–water partition coefficient (Wildman–Crippen LogP) is 1.72. The van der Waals surface area contributed by atoms with Gasteiger partial charge in [-0.2, -0.15) is 5.10 Å². The molecule has 2 aromatic carbocycles. The van der Waals surface area contributed by atoms with E-state index in [4.69, 9.17) is 4.42 Å². The Morgan fingerprint density at radius 1 is 1.08 bits per heavy atom. The number of nitrogens with one attached hydrogen (secondary N) is 2. The van der Waals surface area contributed by atoms with Crippen LogP contribution in [0.25, 0.3) is 5.69 Å². The van der Waals surface area contributed by atoms with Crippen molar-refractivity contribution in [3.05, 3.63) is 89.6 Å². The summed E-state index contributed by atoms with van der Waals surface area (Å²) < 4.78 is 7.42. The second kappa shape index (κ2) is 11.1. The zero-order chi connectivity index (χ0) is 27.5. The lowest BCUT2D eigenvalue weighted by atomic mass is 10.0. The zero-order valence-electron chi connectivity index (χ0n) is 21.4. The highest BCUT2D eigenvalue weighted by molar-refractivity contribution is 5.91. The standard InChI is InChI=1S/C27H29N7O5/c1-3-28-27-32-31-25(39-27)21-20-8-5-4-7-18(20)15-33(21)26(38)23(36)22(35)24(37)30-16(2)17-9-11-19(12-10-17)34-14-6-13-29-34/h4-14,16,21-23,35-36H,3,15H2,1-2H3,(H,28,32)(H,30,37)/t16-,21?,22-,23-/m1/s1. The maximum absolute atomic E-state index is 13.4. The summed E-state index contributed by atoms with van der Waals surface area (Å²) in [5, 5.41) is 39.2. The maximum Gasteiger partial charge on any atom is 0.315 e. The molecular weight excluding hydrogens is 502 g/mol. The fourth-order valence-corrected chi connectivity index (χ4v) is 4.59. The van der Waals surface area contributed by atoms with Gasteiger partial charge in [-0.3, -0.25) is 9.59 Å². The highest BCUT2D eigenvalue weighted by atomic mass is 16.4. The minimum absolute atomic E-state index is 0.142. The van der Waals surface area contributed by atoms with Gasteiger partial charge in [0, 0.05) is 25.5 Å². The van der Waals surface area contributed by atoms with E-state index in [1.54, 1.807) is 17.8 Å². The molecule has 1 aliphatic heterocycles. The highest BCUT2D eigenvalue weighted by Crippen LogP contribution is 2.38.